The summed E-state index contributed by atoms with van der Waals surface area (Å²) in [7, 11) is 0. The third kappa shape index (κ3) is 2.60. The highest BCUT2D eigenvalue weighted by Gasteiger charge is 2.49. The Hall–Kier alpha value is -2.97. The molecule has 116 valence electrons. The second-order valence-corrected chi connectivity index (χ2v) is 4.82. The Kier molecular flexibility index (Phi) is 4.06. The Morgan fingerprint density at radius 1 is 1.41 bits per heavy atom. The van der Waals surface area contributed by atoms with E-state index in [1.807, 2.05) is 0 Å². The predicted octanol–water partition coefficient (Wildman–Crippen LogP) is 0.136. The van der Waals surface area contributed by atoms with Gasteiger partial charge in [0.25, 0.3) is 5.91 Å². The van der Waals surface area contributed by atoms with Gasteiger partial charge in [0.15, 0.2) is 0 Å². The van der Waals surface area contributed by atoms with Crippen molar-refractivity contribution in [2.75, 3.05) is 0 Å². The molecule has 0 bridgehead atoms. The van der Waals surface area contributed by atoms with E-state index in [0.29, 0.717) is 4.90 Å². The fourth-order valence-electron chi connectivity index (χ4n) is 2.50. The van der Waals surface area contributed by atoms with Gasteiger partial charge in [0.1, 0.15) is 6.04 Å². The Morgan fingerprint density at radius 3 is 2.59 bits per heavy atom. The normalized spacial score (nSPS) is 17.9. The lowest BCUT2D eigenvalue weighted by Gasteiger charge is -2.25. The van der Waals surface area contributed by atoms with Crippen LogP contribution in [0.15, 0.2) is 24.3 Å². The first-order valence-corrected chi connectivity index (χ1v) is 6.40. The van der Waals surface area contributed by atoms with Crippen LogP contribution in [0.4, 0.5) is 0 Å². The summed E-state index contributed by atoms with van der Waals surface area (Å²) in [4.78, 5) is 45.9. The van der Waals surface area contributed by atoms with Crippen molar-refractivity contribution < 1.29 is 24.4 Å². The topological polar surface area (TPSA) is 144 Å². The largest absolute Gasteiger partial charge is 0.480 e. The number of nitro groups is 1. The van der Waals surface area contributed by atoms with E-state index in [0.717, 1.165) is 0 Å². The SMILES string of the molecule is NC(=O)CCC(C(=O)O)N1C(=O)c2ccccc2C1[N+](=O)[O-]. The molecule has 0 radical (unpaired) electrons. The first-order chi connectivity index (χ1) is 10.3. The molecule has 0 saturated heterocycles. The minimum absolute atomic E-state index is 0.0922. The molecule has 0 saturated carbocycles. The summed E-state index contributed by atoms with van der Waals surface area (Å²) in [6.45, 7) is 0. The summed E-state index contributed by atoms with van der Waals surface area (Å²) in [6.07, 6.45) is -2.16. The van der Waals surface area contributed by atoms with Crippen molar-refractivity contribution in [2.45, 2.75) is 25.0 Å². The molecule has 0 aliphatic carbocycles. The molecule has 0 fully saturated rings. The molecule has 2 atom stereocenters. The lowest BCUT2D eigenvalue weighted by molar-refractivity contribution is -0.552. The zero-order valence-electron chi connectivity index (χ0n) is 11.3. The number of carboxylic acids is 1. The van der Waals surface area contributed by atoms with Crippen LogP contribution in [0.5, 0.6) is 0 Å². The van der Waals surface area contributed by atoms with Crippen molar-refractivity contribution in [1.29, 1.82) is 0 Å². The fraction of sp³-hybridized carbons (Fsp3) is 0.308. The quantitative estimate of drug-likeness (QED) is 0.565. The number of carboxylic acid groups (broad SMARTS) is 1. The van der Waals surface area contributed by atoms with Crippen molar-refractivity contribution in [3.8, 4) is 0 Å². The van der Waals surface area contributed by atoms with Crippen LogP contribution in [0.3, 0.4) is 0 Å². The van der Waals surface area contributed by atoms with Crippen molar-refractivity contribution in [1.82, 2.24) is 4.90 Å². The number of amides is 2. The van der Waals surface area contributed by atoms with E-state index >= 15 is 0 Å². The van der Waals surface area contributed by atoms with Gasteiger partial charge in [0.05, 0.1) is 16.1 Å². The van der Waals surface area contributed by atoms with Crippen LogP contribution in [0.1, 0.15) is 34.9 Å². The smallest absolute Gasteiger partial charge is 0.326 e. The number of carbonyl (C=O) groups is 3. The van der Waals surface area contributed by atoms with Gasteiger partial charge in [-0.15, -0.1) is 0 Å². The van der Waals surface area contributed by atoms with E-state index in [9.17, 15) is 29.6 Å². The molecule has 1 aromatic rings. The molecule has 2 unspecified atom stereocenters. The van der Waals surface area contributed by atoms with Gasteiger partial charge in [-0.25, -0.2) is 4.79 Å². The lowest BCUT2D eigenvalue weighted by Crippen LogP contribution is -2.46. The molecule has 9 nitrogen and oxygen atoms in total. The molecule has 9 heteroatoms. The molecule has 22 heavy (non-hydrogen) atoms. The van der Waals surface area contributed by atoms with E-state index < -0.39 is 34.9 Å². The summed E-state index contributed by atoms with van der Waals surface area (Å²) in [6, 6.07) is 4.39. The maximum Gasteiger partial charge on any atom is 0.326 e. The fourth-order valence-corrected chi connectivity index (χ4v) is 2.50. The Balaban J connectivity index is 2.43. The van der Waals surface area contributed by atoms with Gasteiger partial charge in [-0.1, -0.05) is 12.1 Å². The maximum absolute atomic E-state index is 12.3. The number of nitrogens with two attached hydrogens (primary N) is 1. The highest BCUT2D eigenvalue weighted by molar-refractivity contribution is 6.01. The molecular weight excluding hydrogens is 294 g/mol. The van der Waals surface area contributed by atoms with Crippen LogP contribution in [0.25, 0.3) is 0 Å². The monoisotopic (exact) mass is 307 g/mol. The molecule has 3 N–H and O–H groups in total. The number of primary amides is 1. The molecule has 1 aliphatic heterocycles. The zero-order chi connectivity index (χ0) is 16.4. The number of benzene rings is 1. The van der Waals surface area contributed by atoms with Gasteiger partial charge in [-0.05, 0) is 18.6 Å². The summed E-state index contributed by atoms with van der Waals surface area (Å²) in [5.41, 5.74) is 5.22. The van der Waals surface area contributed by atoms with Crippen LogP contribution in [0.2, 0.25) is 0 Å². The van der Waals surface area contributed by atoms with Gasteiger partial charge >= 0.3 is 12.1 Å². The van der Waals surface area contributed by atoms with Gasteiger partial charge in [0, 0.05) is 6.42 Å². The predicted molar refractivity (Wildman–Crippen MR) is 72.2 cm³/mol. The summed E-state index contributed by atoms with van der Waals surface area (Å²) in [5, 5.41) is 20.6. The minimum atomic E-state index is -1.59. The number of fused-ring (bicyclic) bond motifs is 1. The average Bonchev–Trinajstić information content (AvgIpc) is 2.73. The lowest BCUT2D eigenvalue weighted by atomic mass is 10.1. The van der Waals surface area contributed by atoms with Gasteiger partial charge in [-0.3, -0.25) is 24.6 Å². The van der Waals surface area contributed by atoms with Crippen LogP contribution in [0, 0.1) is 10.1 Å². The summed E-state index contributed by atoms with van der Waals surface area (Å²) < 4.78 is 0. The molecule has 2 rings (SSSR count). The number of aliphatic carboxylic acids is 1. The Morgan fingerprint density at radius 2 is 2.05 bits per heavy atom. The van der Waals surface area contributed by atoms with Crippen molar-refractivity contribution >= 4 is 17.8 Å². The highest BCUT2D eigenvalue weighted by atomic mass is 16.6. The van der Waals surface area contributed by atoms with Crippen LogP contribution in [-0.2, 0) is 9.59 Å². The van der Waals surface area contributed by atoms with E-state index in [4.69, 9.17) is 5.73 Å². The minimum Gasteiger partial charge on any atom is -0.480 e. The summed E-state index contributed by atoms with van der Waals surface area (Å²) in [5.74, 6) is -2.91. The van der Waals surface area contributed by atoms with E-state index in [-0.39, 0.29) is 24.0 Å². The number of rotatable bonds is 6. The third-order valence-corrected chi connectivity index (χ3v) is 3.45. The maximum atomic E-state index is 12.3. The molecule has 0 spiro atoms. The molecular formula is C13H13N3O6. The van der Waals surface area contributed by atoms with Crippen molar-refractivity contribution in [3.05, 3.63) is 45.5 Å². The first kappa shape index (κ1) is 15.4. The van der Waals surface area contributed by atoms with Crippen LogP contribution in [-0.4, -0.2) is 38.8 Å². The van der Waals surface area contributed by atoms with Crippen LogP contribution >= 0.6 is 0 Å². The second-order valence-electron chi connectivity index (χ2n) is 4.82. The summed E-state index contributed by atoms with van der Waals surface area (Å²) >= 11 is 0. The molecule has 2 amide bonds. The average molecular weight is 307 g/mol. The van der Waals surface area contributed by atoms with Gasteiger partial charge in [-0.2, -0.15) is 0 Å². The molecule has 1 aromatic carbocycles. The molecule has 1 aliphatic rings. The van der Waals surface area contributed by atoms with E-state index in [1.165, 1.54) is 24.3 Å². The van der Waals surface area contributed by atoms with Crippen molar-refractivity contribution in [3.63, 3.8) is 0 Å². The Bertz CT molecular complexity index is 659. The number of hydrogen-bond acceptors (Lipinski definition) is 5. The van der Waals surface area contributed by atoms with E-state index in [2.05, 4.69) is 0 Å². The standard InChI is InChI=1S/C13H13N3O6/c14-10(17)6-5-9(13(19)20)15-11(16(21)22)7-3-1-2-4-8(7)12(15)18/h1-4,9,11H,5-6H2,(H2,14,17)(H,19,20). The van der Waals surface area contributed by atoms with Gasteiger partial charge < -0.3 is 10.8 Å². The number of nitrogens with zero attached hydrogens (tertiary/aromatic N) is 2. The second kappa shape index (κ2) is 5.80. The third-order valence-electron chi connectivity index (χ3n) is 3.45. The van der Waals surface area contributed by atoms with Crippen molar-refractivity contribution in [2.24, 2.45) is 5.73 Å². The van der Waals surface area contributed by atoms with E-state index in [1.54, 1.807) is 0 Å². The van der Waals surface area contributed by atoms with Crippen LogP contribution < -0.4 is 5.73 Å². The zero-order valence-corrected chi connectivity index (χ0v) is 11.3. The molecule has 0 aromatic heterocycles. The first-order valence-electron chi connectivity index (χ1n) is 6.40. The number of carbonyl (C=O) groups excluding carboxylic acids is 2. The number of hydrogen-bond donors (Lipinski definition) is 2. The molecule has 1 heterocycles. The highest BCUT2D eigenvalue weighted by Crippen LogP contribution is 2.36. The van der Waals surface area contributed by atoms with Gasteiger partial charge in [0.2, 0.25) is 5.91 Å². The Labute approximate surface area is 124 Å².